The number of esters is 1. The maximum absolute atomic E-state index is 12.4. The molecule has 0 radical (unpaired) electrons. The molecule has 1 fully saturated rings. The van der Waals surface area contributed by atoms with Gasteiger partial charge in [0.25, 0.3) is 0 Å². The van der Waals surface area contributed by atoms with E-state index in [9.17, 15) is 9.59 Å². The van der Waals surface area contributed by atoms with Crippen molar-refractivity contribution in [2.45, 2.75) is 27.7 Å². The third kappa shape index (κ3) is 6.14. The van der Waals surface area contributed by atoms with Gasteiger partial charge in [0.15, 0.2) is 0 Å². The Balaban J connectivity index is 1.76. The van der Waals surface area contributed by atoms with Crippen molar-refractivity contribution < 1.29 is 23.9 Å². The molecule has 0 atom stereocenters. The number of benzene rings is 2. The van der Waals surface area contributed by atoms with E-state index in [1.165, 1.54) is 0 Å². The Morgan fingerprint density at radius 1 is 1.03 bits per heavy atom. The second-order valence-electron chi connectivity index (χ2n) is 8.51. The summed E-state index contributed by atoms with van der Waals surface area (Å²) in [6.45, 7) is 9.99. The first-order valence-electron chi connectivity index (χ1n) is 10.6. The van der Waals surface area contributed by atoms with Crippen LogP contribution in [-0.2, 0) is 14.4 Å². The predicted octanol–water partition coefficient (Wildman–Crippen LogP) is 4.94. The summed E-state index contributed by atoms with van der Waals surface area (Å²) in [5, 5.41) is 2.23. The molecule has 0 amide bonds. The van der Waals surface area contributed by atoms with Crippen LogP contribution in [0.1, 0.15) is 38.1 Å². The zero-order valence-electron chi connectivity index (χ0n) is 18.9. The van der Waals surface area contributed by atoms with E-state index in [1.54, 1.807) is 42.3 Å². The van der Waals surface area contributed by atoms with Crippen LogP contribution in [0.4, 0.5) is 5.69 Å². The molecule has 2 aromatic rings. The summed E-state index contributed by atoms with van der Waals surface area (Å²) in [6.07, 6.45) is 0. The maximum atomic E-state index is 12.4. The lowest BCUT2D eigenvalue weighted by molar-refractivity contribution is -0.201. The van der Waals surface area contributed by atoms with E-state index >= 15 is 0 Å². The Labute approximate surface area is 193 Å². The number of hydrogen-bond donors (Lipinski definition) is 0. The van der Waals surface area contributed by atoms with Crippen molar-refractivity contribution in [1.29, 1.82) is 0 Å². The standard InChI is InChI=1S/C24H29ClN2O5/c1-5-30-22(28)20-10-9-18(16-21(20)31-19-8-6-7-17(25)15-19)26-11-13-27(14-12-26)32-23(29)24(2,3)4/h6-10,15-16H,5,11-14H2,1-4H3. The lowest BCUT2D eigenvalue weighted by atomic mass is 9.98. The number of piperazine rings is 1. The van der Waals surface area contributed by atoms with E-state index in [4.69, 9.17) is 25.9 Å². The van der Waals surface area contributed by atoms with Crippen LogP contribution in [0.3, 0.4) is 0 Å². The van der Waals surface area contributed by atoms with Crippen LogP contribution >= 0.6 is 11.6 Å². The summed E-state index contributed by atoms with van der Waals surface area (Å²) < 4.78 is 11.2. The third-order valence-electron chi connectivity index (χ3n) is 4.91. The highest BCUT2D eigenvalue weighted by atomic mass is 35.5. The summed E-state index contributed by atoms with van der Waals surface area (Å²) in [6, 6.07) is 12.4. The minimum absolute atomic E-state index is 0.248. The van der Waals surface area contributed by atoms with Crippen molar-refractivity contribution in [3.8, 4) is 11.5 Å². The first-order chi connectivity index (χ1) is 15.2. The predicted molar refractivity (Wildman–Crippen MR) is 123 cm³/mol. The maximum Gasteiger partial charge on any atom is 0.341 e. The molecule has 0 unspecified atom stereocenters. The van der Waals surface area contributed by atoms with E-state index in [2.05, 4.69) is 4.90 Å². The summed E-state index contributed by atoms with van der Waals surface area (Å²) >= 11 is 6.07. The fourth-order valence-electron chi connectivity index (χ4n) is 3.12. The number of hydrogen-bond acceptors (Lipinski definition) is 7. The Morgan fingerprint density at radius 2 is 1.75 bits per heavy atom. The van der Waals surface area contributed by atoms with Crippen LogP contribution in [0, 0.1) is 5.41 Å². The molecule has 0 aromatic heterocycles. The van der Waals surface area contributed by atoms with Crippen LogP contribution in [0.2, 0.25) is 5.02 Å². The Morgan fingerprint density at radius 3 is 2.38 bits per heavy atom. The number of hydroxylamine groups is 2. The fourth-order valence-corrected chi connectivity index (χ4v) is 3.30. The summed E-state index contributed by atoms with van der Waals surface area (Å²) in [5.74, 6) is 0.223. The molecule has 1 heterocycles. The Kier molecular flexibility index (Phi) is 7.64. The number of nitrogens with zero attached hydrogens (tertiary/aromatic N) is 2. The minimum atomic E-state index is -0.549. The van der Waals surface area contributed by atoms with Crippen molar-refractivity contribution in [3.05, 3.63) is 53.1 Å². The van der Waals surface area contributed by atoms with Gasteiger partial charge >= 0.3 is 11.9 Å². The minimum Gasteiger partial charge on any atom is -0.462 e. The molecule has 8 heteroatoms. The first-order valence-corrected chi connectivity index (χ1v) is 11.0. The molecule has 0 bridgehead atoms. The van der Waals surface area contributed by atoms with E-state index < -0.39 is 11.4 Å². The van der Waals surface area contributed by atoms with E-state index in [1.807, 2.05) is 32.9 Å². The van der Waals surface area contributed by atoms with Gasteiger partial charge in [0.1, 0.15) is 17.1 Å². The van der Waals surface area contributed by atoms with Gasteiger partial charge in [-0.2, -0.15) is 0 Å². The highest BCUT2D eigenvalue weighted by molar-refractivity contribution is 6.30. The second-order valence-corrected chi connectivity index (χ2v) is 8.94. The molecule has 0 N–H and O–H groups in total. The smallest absolute Gasteiger partial charge is 0.341 e. The summed E-state index contributed by atoms with van der Waals surface area (Å²) in [4.78, 5) is 32.2. The topological polar surface area (TPSA) is 68.3 Å². The molecule has 1 aliphatic heterocycles. The molecule has 1 saturated heterocycles. The molecular formula is C24H29ClN2O5. The number of anilines is 1. The number of carbonyl (C=O) groups is 2. The van der Waals surface area contributed by atoms with Gasteiger partial charge in [0.05, 0.1) is 25.1 Å². The molecule has 0 spiro atoms. The average Bonchev–Trinajstić information content (AvgIpc) is 2.74. The van der Waals surface area contributed by atoms with Crippen molar-refractivity contribution in [2.75, 3.05) is 37.7 Å². The van der Waals surface area contributed by atoms with Crippen LogP contribution in [0.25, 0.3) is 0 Å². The molecule has 0 aliphatic carbocycles. The highest BCUT2D eigenvalue weighted by Crippen LogP contribution is 2.32. The molecular weight excluding hydrogens is 432 g/mol. The second kappa shape index (κ2) is 10.2. The molecule has 3 rings (SSSR count). The van der Waals surface area contributed by atoms with E-state index in [-0.39, 0.29) is 12.6 Å². The largest absolute Gasteiger partial charge is 0.462 e. The Hall–Kier alpha value is -2.77. The van der Waals surface area contributed by atoms with Crippen molar-refractivity contribution >= 4 is 29.2 Å². The van der Waals surface area contributed by atoms with Gasteiger partial charge in [-0.05, 0) is 58.0 Å². The van der Waals surface area contributed by atoms with Crippen molar-refractivity contribution in [2.24, 2.45) is 5.41 Å². The molecule has 7 nitrogen and oxygen atoms in total. The van der Waals surface area contributed by atoms with Gasteiger partial charge in [-0.25, -0.2) is 9.59 Å². The van der Waals surface area contributed by atoms with Gasteiger partial charge < -0.3 is 19.2 Å². The van der Waals surface area contributed by atoms with E-state index in [0.717, 1.165) is 5.69 Å². The normalized spacial score (nSPS) is 14.7. The Bertz CT molecular complexity index is 965. The van der Waals surface area contributed by atoms with Gasteiger partial charge in [-0.1, -0.05) is 17.7 Å². The summed E-state index contributed by atoms with van der Waals surface area (Å²) in [7, 11) is 0. The number of halogens is 1. The van der Waals surface area contributed by atoms with Gasteiger partial charge in [-0.3, -0.25) is 0 Å². The quantitative estimate of drug-likeness (QED) is 0.566. The number of rotatable bonds is 6. The molecule has 2 aromatic carbocycles. The SMILES string of the molecule is CCOC(=O)c1ccc(N2CCN(OC(=O)C(C)(C)C)CC2)cc1Oc1cccc(Cl)c1. The monoisotopic (exact) mass is 460 g/mol. The van der Waals surface area contributed by atoms with Crippen LogP contribution in [0.15, 0.2) is 42.5 Å². The third-order valence-corrected chi connectivity index (χ3v) is 5.15. The fraction of sp³-hybridized carbons (Fsp3) is 0.417. The van der Waals surface area contributed by atoms with Crippen LogP contribution < -0.4 is 9.64 Å². The van der Waals surface area contributed by atoms with Crippen molar-refractivity contribution in [3.63, 3.8) is 0 Å². The van der Waals surface area contributed by atoms with Crippen molar-refractivity contribution in [1.82, 2.24) is 5.06 Å². The van der Waals surface area contributed by atoms with E-state index in [0.29, 0.717) is 48.3 Å². The van der Waals surface area contributed by atoms with Gasteiger partial charge in [0, 0.05) is 29.9 Å². The van der Waals surface area contributed by atoms with Crippen LogP contribution in [0.5, 0.6) is 11.5 Å². The van der Waals surface area contributed by atoms with Crippen LogP contribution in [-0.4, -0.2) is 49.8 Å². The van der Waals surface area contributed by atoms with Gasteiger partial charge in [-0.15, -0.1) is 5.06 Å². The molecule has 32 heavy (non-hydrogen) atoms. The number of carbonyl (C=O) groups excluding carboxylic acids is 2. The van der Waals surface area contributed by atoms with Gasteiger partial charge in [0.2, 0.25) is 0 Å². The molecule has 172 valence electrons. The zero-order chi connectivity index (χ0) is 23.3. The highest BCUT2D eigenvalue weighted by Gasteiger charge is 2.28. The molecule has 1 aliphatic rings. The first kappa shape index (κ1) is 23.9. The average molecular weight is 461 g/mol. The lowest BCUT2D eigenvalue weighted by Crippen LogP contribution is -2.48. The zero-order valence-corrected chi connectivity index (χ0v) is 19.6. The lowest BCUT2D eigenvalue weighted by Gasteiger charge is -2.36. The molecule has 0 saturated carbocycles. The summed E-state index contributed by atoms with van der Waals surface area (Å²) in [5.41, 5.74) is 0.692. The number of ether oxygens (including phenoxy) is 2.